The van der Waals surface area contributed by atoms with Gasteiger partial charge in [-0.15, -0.1) is 0 Å². The SMILES string of the molecule is CC(C)=NC1CCn2c(=O)[nH]c3cccc(c32)C1. The molecule has 0 bridgehead atoms. The maximum Gasteiger partial charge on any atom is 0.326 e. The summed E-state index contributed by atoms with van der Waals surface area (Å²) >= 11 is 0. The summed E-state index contributed by atoms with van der Waals surface area (Å²) in [6.07, 6.45) is 1.84. The number of rotatable bonds is 1. The van der Waals surface area contributed by atoms with E-state index < -0.39 is 0 Å². The van der Waals surface area contributed by atoms with Crippen LogP contribution in [0.5, 0.6) is 0 Å². The molecule has 4 heteroatoms. The second kappa shape index (κ2) is 4.12. The number of aromatic nitrogens is 2. The number of hydrogen-bond donors (Lipinski definition) is 1. The van der Waals surface area contributed by atoms with Gasteiger partial charge in [-0.3, -0.25) is 9.56 Å². The number of para-hydroxylation sites is 1. The summed E-state index contributed by atoms with van der Waals surface area (Å²) in [6, 6.07) is 6.36. The van der Waals surface area contributed by atoms with Crippen LogP contribution in [0.1, 0.15) is 25.8 Å². The van der Waals surface area contributed by atoms with Crippen LogP contribution in [0.3, 0.4) is 0 Å². The third-order valence-corrected chi connectivity index (χ3v) is 3.46. The Morgan fingerprint density at radius 2 is 2.28 bits per heavy atom. The van der Waals surface area contributed by atoms with Gasteiger partial charge in [0.05, 0.1) is 17.1 Å². The van der Waals surface area contributed by atoms with Crippen molar-refractivity contribution in [3.05, 3.63) is 34.2 Å². The fourth-order valence-corrected chi connectivity index (χ4v) is 2.78. The standard InChI is InChI=1S/C14H17N3O/c1-9(2)15-11-6-7-17-13-10(8-11)4-3-5-12(13)16-14(17)18/h3-5,11H,6-8H2,1-2H3,(H,16,18). The van der Waals surface area contributed by atoms with Gasteiger partial charge in [0.1, 0.15) is 0 Å². The van der Waals surface area contributed by atoms with Crippen LogP contribution in [0.15, 0.2) is 28.0 Å². The number of hydrogen-bond acceptors (Lipinski definition) is 2. The minimum absolute atomic E-state index is 0.00435. The quantitative estimate of drug-likeness (QED) is 0.766. The van der Waals surface area contributed by atoms with Crippen molar-refractivity contribution >= 4 is 16.7 Å². The van der Waals surface area contributed by atoms with E-state index in [0.29, 0.717) is 6.04 Å². The van der Waals surface area contributed by atoms with E-state index >= 15 is 0 Å². The van der Waals surface area contributed by atoms with E-state index in [4.69, 9.17) is 0 Å². The second-order valence-corrected chi connectivity index (χ2v) is 5.12. The number of aliphatic imine (C=N–C) groups is 1. The Morgan fingerprint density at radius 3 is 3.06 bits per heavy atom. The lowest BCUT2D eigenvalue weighted by Crippen LogP contribution is -2.18. The molecule has 0 saturated carbocycles. The van der Waals surface area contributed by atoms with Crippen molar-refractivity contribution in [3.63, 3.8) is 0 Å². The summed E-state index contributed by atoms with van der Waals surface area (Å²) in [5, 5.41) is 0. The molecule has 0 amide bonds. The van der Waals surface area contributed by atoms with Gasteiger partial charge < -0.3 is 4.98 Å². The fourth-order valence-electron chi connectivity index (χ4n) is 2.78. The largest absolute Gasteiger partial charge is 0.326 e. The number of H-pyrrole nitrogens is 1. The minimum atomic E-state index is -0.00435. The normalized spacial score (nSPS) is 18.7. The molecule has 0 saturated heterocycles. The van der Waals surface area contributed by atoms with Crippen molar-refractivity contribution in [2.24, 2.45) is 4.99 Å². The van der Waals surface area contributed by atoms with Crippen molar-refractivity contribution in [1.29, 1.82) is 0 Å². The molecule has 1 aliphatic rings. The molecule has 1 N–H and O–H groups in total. The maximum atomic E-state index is 11.9. The number of nitrogens with one attached hydrogen (secondary N) is 1. The molecule has 3 rings (SSSR count). The average molecular weight is 243 g/mol. The highest BCUT2D eigenvalue weighted by atomic mass is 16.1. The Balaban J connectivity index is 2.15. The summed E-state index contributed by atoms with van der Waals surface area (Å²) in [6.45, 7) is 4.80. The molecular formula is C14H17N3O. The van der Waals surface area contributed by atoms with Crippen LogP contribution in [-0.4, -0.2) is 21.3 Å². The van der Waals surface area contributed by atoms with Crippen molar-refractivity contribution in [3.8, 4) is 0 Å². The smallest absolute Gasteiger partial charge is 0.306 e. The first-order valence-electron chi connectivity index (χ1n) is 6.36. The van der Waals surface area contributed by atoms with E-state index in [2.05, 4.69) is 16.0 Å². The van der Waals surface area contributed by atoms with E-state index in [9.17, 15) is 4.79 Å². The van der Waals surface area contributed by atoms with Gasteiger partial charge >= 0.3 is 5.69 Å². The first-order chi connectivity index (χ1) is 8.65. The second-order valence-electron chi connectivity index (χ2n) is 5.12. The van der Waals surface area contributed by atoms with Crippen molar-refractivity contribution in [2.75, 3.05) is 0 Å². The zero-order valence-corrected chi connectivity index (χ0v) is 10.7. The lowest BCUT2D eigenvalue weighted by Gasteiger charge is -2.09. The Hall–Kier alpha value is -1.84. The summed E-state index contributed by atoms with van der Waals surface area (Å²) < 4.78 is 1.85. The predicted molar refractivity (Wildman–Crippen MR) is 73.5 cm³/mol. The van der Waals surface area contributed by atoms with Crippen LogP contribution >= 0.6 is 0 Å². The van der Waals surface area contributed by atoms with Crippen LogP contribution in [0, 0.1) is 0 Å². The van der Waals surface area contributed by atoms with Gasteiger partial charge in [0, 0.05) is 12.3 Å². The topological polar surface area (TPSA) is 50.1 Å². The van der Waals surface area contributed by atoms with Gasteiger partial charge in [-0.2, -0.15) is 0 Å². The summed E-state index contributed by atoms with van der Waals surface area (Å²) in [5.41, 5.74) is 4.32. The third kappa shape index (κ3) is 1.78. The Kier molecular flexibility index (Phi) is 2.58. The summed E-state index contributed by atoms with van der Waals surface area (Å²) in [5.74, 6) is 0. The molecule has 0 radical (unpaired) electrons. The number of imidazole rings is 1. The number of benzene rings is 1. The van der Waals surface area contributed by atoms with Gasteiger partial charge in [0.15, 0.2) is 0 Å². The van der Waals surface area contributed by atoms with Crippen molar-refractivity contribution in [2.45, 2.75) is 39.3 Å². The van der Waals surface area contributed by atoms with Gasteiger partial charge in [0.25, 0.3) is 0 Å². The van der Waals surface area contributed by atoms with Gasteiger partial charge in [-0.05, 0) is 38.3 Å². The molecule has 18 heavy (non-hydrogen) atoms. The molecule has 1 atom stereocenters. The highest BCUT2D eigenvalue weighted by Crippen LogP contribution is 2.23. The highest BCUT2D eigenvalue weighted by molar-refractivity contribution is 5.80. The Morgan fingerprint density at radius 1 is 1.44 bits per heavy atom. The average Bonchev–Trinajstić information content (AvgIpc) is 2.51. The molecule has 2 aromatic rings. The van der Waals surface area contributed by atoms with Gasteiger partial charge in [0.2, 0.25) is 0 Å². The number of aryl methyl sites for hydroxylation is 1. The van der Waals surface area contributed by atoms with E-state index in [0.717, 1.165) is 36.1 Å². The van der Waals surface area contributed by atoms with Crippen LogP contribution in [0.2, 0.25) is 0 Å². The first-order valence-corrected chi connectivity index (χ1v) is 6.36. The van der Waals surface area contributed by atoms with Crippen LogP contribution in [0.25, 0.3) is 11.0 Å². The molecule has 1 aromatic carbocycles. The number of nitrogens with zero attached hydrogens (tertiary/aromatic N) is 2. The number of aromatic amines is 1. The zero-order chi connectivity index (χ0) is 12.7. The molecule has 1 aromatic heterocycles. The summed E-state index contributed by atoms with van der Waals surface area (Å²) in [7, 11) is 0. The molecule has 0 fully saturated rings. The van der Waals surface area contributed by atoms with E-state index in [1.807, 2.05) is 30.5 Å². The van der Waals surface area contributed by atoms with Crippen LogP contribution in [-0.2, 0) is 13.0 Å². The van der Waals surface area contributed by atoms with Crippen LogP contribution < -0.4 is 5.69 Å². The molecule has 1 unspecified atom stereocenters. The minimum Gasteiger partial charge on any atom is -0.306 e. The summed E-state index contributed by atoms with van der Waals surface area (Å²) in [4.78, 5) is 19.5. The van der Waals surface area contributed by atoms with Crippen LogP contribution in [0.4, 0.5) is 0 Å². The molecule has 1 aliphatic heterocycles. The third-order valence-electron chi connectivity index (χ3n) is 3.46. The Labute approximate surface area is 105 Å². The first kappa shape index (κ1) is 11.3. The monoisotopic (exact) mass is 243 g/mol. The lowest BCUT2D eigenvalue weighted by atomic mass is 10.0. The fraction of sp³-hybridized carbons (Fsp3) is 0.429. The van der Waals surface area contributed by atoms with E-state index in [-0.39, 0.29) is 5.69 Å². The van der Waals surface area contributed by atoms with Crippen molar-refractivity contribution < 1.29 is 0 Å². The molecule has 0 spiro atoms. The Bertz CT molecular complexity index is 674. The van der Waals surface area contributed by atoms with E-state index in [1.165, 1.54) is 5.56 Å². The molecule has 4 nitrogen and oxygen atoms in total. The van der Waals surface area contributed by atoms with Gasteiger partial charge in [-0.25, -0.2) is 4.79 Å². The molecule has 0 aliphatic carbocycles. The molecule has 2 heterocycles. The molecular weight excluding hydrogens is 226 g/mol. The van der Waals surface area contributed by atoms with E-state index in [1.54, 1.807) is 0 Å². The zero-order valence-electron chi connectivity index (χ0n) is 10.7. The predicted octanol–water partition coefficient (Wildman–Crippen LogP) is 2.13. The maximum absolute atomic E-state index is 11.9. The highest BCUT2D eigenvalue weighted by Gasteiger charge is 2.19. The van der Waals surface area contributed by atoms with Crippen molar-refractivity contribution in [1.82, 2.24) is 9.55 Å². The van der Waals surface area contributed by atoms with Gasteiger partial charge in [-0.1, -0.05) is 12.1 Å². The molecule has 94 valence electrons. The lowest BCUT2D eigenvalue weighted by molar-refractivity contribution is 0.557.